The van der Waals surface area contributed by atoms with E-state index in [0.29, 0.717) is 5.69 Å². The number of anilines is 2. The van der Waals surface area contributed by atoms with Crippen molar-refractivity contribution in [3.63, 3.8) is 0 Å². The molecule has 0 atom stereocenters. The molecule has 1 amide bonds. The molecule has 5 nitrogen and oxygen atoms in total. The maximum Gasteiger partial charge on any atom is 0.275 e. The number of amides is 1. The lowest BCUT2D eigenvalue weighted by Gasteiger charge is -2.30. The zero-order valence-corrected chi connectivity index (χ0v) is 12.7. The van der Waals surface area contributed by atoms with Crippen LogP contribution in [-0.4, -0.2) is 29.0 Å². The Hall–Kier alpha value is -2.43. The highest BCUT2D eigenvalue weighted by Gasteiger charge is 2.17. The molecule has 1 N–H and O–H groups in total. The lowest BCUT2D eigenvalue weighted by molar-refractivity contribution is 0.102. The van der Waals surface area contributed by atoms with Gasteiger partial charge in [0.1, 0.15) is 11.5 Å². The van der Waals surface area contributed by atoms with E-state index in [-0.39, 0.29) is 5.91 Å². The summed E-state index contributed by atoms with van der Waals surface area (Å²) in [5.41, 5.74) is 1.08. The molecular formula is C17H20N4O. The molecule has 0 unspecified atom stereocenters. The van der Waals surface area contributed by atoms with Crippen molar-refractivity contribution in [1.82, 2.24) is 9.97 Å². The van der Waals surface area contributed by atoms with Gasteiger partial charge in [0.15, 0.2) is 0 Å². The largest absolute Gasteiger partial charge is 0.355 e. The molecule has 0 saturated carbocycles. The SMILES string of the molecule is CC1CCN(c2cnc(C(=O)Nc3ccccc3)cn2)CC1. The minimum Gasteiger partial charge on any atom is -0.355 e. The summed E-state index contributed by atoms with van der Waals surface area (Å²) in [6, 6.07) is 9.34. The molecule has 1 aliphatic rings. The van der Waals surface area contributed by atoms with E-state index in [1.807, 2.05) is 30.3 Å². The van der Waals surface area contributed by atoms with Gasteiger partial charge in [-0.2, -0.15) is 0 Å². The Kier molecular flexibility index (Phi) is 4.32. The first-order valence-corrected chi connectivity index (χ1v) is 7.66. The number of hydrogen-bond donors (Lipinski definition) is 1. The molecule has 2 heterocycles. The molecule has 0 spiro atoms. The fraction of sp³-hybridized carbons (Fsp3) is 0.353. The number of aromatic nitrogens is 2. The Morgan fingerprint density at radius 1 is 1.14 bits per heavy atom. The maximum absolute atomic E-state index is 12.1. The highest BCUT2D eigenvalue weighted by atomic mass is 16.1. The van der Waals surface area contributed by atoms with Crippen molar-refractivity contribution in [3.8, 4) is 0 Å². The quantitative estimate of drug-likeness (QED) is 0.946. The summed E-state index contributed by atoms with van der Waals surface area (Å²) in [5, 5.41) is 2.81. The fourth-order valence-corrected chi connectivity index (χ4v) is 2.56. The monoisotopic (exact) mass is 296 g/mol. The first-order chi connectivity index (χ1) is 10.7. The van der Waals surface area contributed by atoms with Gasteiger partial charge in [-0.15, -0.1) is 0 Å². The summed E-state index contributed by atoms with van der Waals surface area (Å²) in [6.07, 6.45) is 5.59. The number of piperidine rings is 1. The Balaban J connectivity index is 1.65. The standard InChI is InChI=1S/C17H20N4O/c1-13-7-9-21(10-8-13)16-12-18-15(11-19-16)17(22)20-14-5-3-2-4-6-14/h2-6,11-13H,7-10H2,1H3,(H,20,22). The first-order valence-electron chi connectivity index (χ1n) is 7.66. The fourth-order valence-electron chi connectivity index (χ4n) is 2.56. The van der Waals surface area contributed by atoms with Crippen LogP contribution in [0.2, 0.25) is 0 Å². The van der Waals surface area contributed by atoms with Crippen molar-refractivity contribution in [2.45, 2.75) is 19.8 Å². The summed E-state index contributed by atoms with van der Waals surface area (Å²) in [7, 11) is 0. The van der Waals surface area contributed by atoms with Gasteiger partial charge in [-0.1, -0.05) is 25.1 Å². The van der Waals surface area contributed by atoms with Gasteiger partial charge in [-0.05, 0) is 30.9 Å². The van der Waals surface area contributed by atoms with Crippen LogP contribution in [0.4, 0.5) is 11.5 Å². The summed E-state index contributed by atoms with van der Waals surface area (Å²) in [6.45, 7) is 4.29. The Morgan fingerprint density at radius 2 is 1.86 bits per heavy atom. The molecule has 0 aliphatic carbocycles. The third-order valence-electron chi connectivity index (χ3n) is 4.01. The predicted octanol–water partition coefficient (Wildman–Crippen LogP) is 2.97. The Labute approximate surface area is 130 Å². The van der Waals surface area contributed by atoms with Crippen LogP contribution >= 0.6 is 0 Å². The lowest BCUT2D eigenvalue weighted by atomic mass is 9.99. The average Bonchev–Trinajstić information content (AvgIpc) is 2.57. The zero-order valence-electron chi connectivity index (χ0n) is 12.7. The highest BCUT2D eigenvalue weighted by Crippen LogP contribution is 2.20. The molecule has 0 radical (unpaired) electrons. The molecule has 1 aliphatic heterocycles. The summed E-state index contributed by atoms with van der Waals surface area (Å²) < 4.78 is 0. The Morgan fingerprint density at radius 3 is 2.50 bits per heavy atom. The van der Waals surface area contributed by atoms with Crippen LogP contribution in [0.1, 0.15) is 30.3 Å². The molecule has 1 saturated heterocycles. The topological polar surface area (TPSA) is 58.1 Å². The first kappa shape index (κ1) is 14.5. The number of para-hydroxylation sites is 1. The van der Waals surface area contributed by atoms with Crippen molar-refractivity contribution in [3.05, 3.63) is 48.4 Å². The van der Waals surface area contributed by atoms with Crippen LogP contribution in [0.15, 0.2) is 42.7 Å². The molecule has 1 fully saturated rings. The number of hydrogen-bond acceptors (Lipinski definition) is 4. The molecule has 22 heavy (non-hydrogen) atoms. The van der Waals surface area contributed by atoms with Crippen molar-refractivity contribution in [2.24, 2.45) is 5.92 Å². The lowest BCUT2D eigenvalue weighted by Crippen LogP contribution is -2.33. The van der Waals surface area contributed by atoms with Crippen LogP contribution < -0.4 is 10.2 Å². The number of benzene rings is 1. The van der Waals surface area contributed by atoms with Gasteiger partial charge in [0.2, 0.25) is 0 Å². The van der Waals surface area contributed by atoms with E-state index in [0.717, 1.165) is 30.5 Å². The van der Waals surface area contributed by atoms with E-state index in [9.17, 15) is 4.79 Å². The number of nitrogens with one attached hydrogen (secondary N) is 1. The number of carbonyl (C=O) groups is 1. The molecule has 1 aromatic heterocycles. The van der Waals surface area contributed by atoms with Crippen molar-refractivity contribution in [2.75, 3.05) is 23.3 Å². The second-order valence-corrected chi connectivity index (χ2v) is 5.75. The van der Waals surface area contributed by atoms with Crippen LogP contribution in [0.5, 0.6) is 0 Å². The average molecular weight is 296 g/mol. The summed E-state index contributed by atoms with van der Waals surface area (Å²) >= 11 is 0. The normalized spacial score (nSPS) is 15.6. The van der Waals surface area contributed by atoms with Gasteiger partial charge < -0.3 is 10.2 Å². The molecule has 114 valence electrons. The third-order valence-corrected chi connectivity index (χ3v) is 4.01. The van der Waals surface area contributed by atoms with E-state index < -0.39 is 0 Å². The van der Waals surface area contributed by atoms with Crippen molar-refractivity contribution >= 4 is 17.4 Å². The van der Waals surface area contributed by atoms with E-state index in [2.05, 4.69) is 27.1 Å². The van der Waals surface area contributed by atoms with Crippen LogP contribution in [0, 0.1) is 5.92 Å². The van der Waals surface area contributed by atoms with E-state index >= 15 is 0 Å². The minimum absolute atomic E-state index is 0.238. The molecule has 5 heteroatoms. The van der Waals surface area contributed by atoms with Gasteiger partial charge in [-0.25, -0.2) is 9.97 Å². The second kappa shape index (κ2) is 6.56. The Bertz CT molecular complexity index is 619. The van der Waals surface area contributed by atoms with Crippen molar-refractivity contribution < 1.29 is 4.79 Å². The van der Waals surface area contributed by atoms with E-state index in [1.54, 1.807) is 12.4 Å². The van der Waals surface area contributed by atoms with E-state index in [1.165, 1.54) is 12.8 Å². The van der Waals surface area contributed by atoms with Gasteiger partial charge in [0.05, 0.1) is 12.4 Å². The molecule has 0 bridgehead atoms. The third kappa shape index (κ3) is 3.42. The van der Waals surface area contributed by atoms with Gasteiger partial charge >= 0.3 is 0 Å². The summed E-state index contributed by atoms with van der Waals surface area (Å²) in [5.74, 6) is 1.39. The van der Waals surface area contributed by atoms with E-state index in [4.69, 9.17) is 0 Å². The van der Waals surface area contributed by atoms with Crippen LogP contribution in [0.3, 0.4) is 0 Å². The zero-order chi connectivity index (χ0) is 15.4. The molecular weight excluding hydrogens is 276 g/mol. The number of nitrogens with zero attached hydrogens (tertiary/aromatic N) is 3. The smallest absolute Gasteiger partial charge is 0.275 e. The highest BCUT2D eigenvalue weighted by molar-refractivity contribution is 6.02. The molecule has 2 aromatic rings. The predicted molar refractivity (Wildman–Crippen MR) is 87.0 cm³/mol. The number of rotatable bonds is 3. The number of carbonyl (C=O) groups excluding carboxylic acids is 1. The van der Waals surface area contributed by atoms with Gasteiger partial charge in [0, 0.05) is 18.8 Å². The maximum atomic E-state index is 12.1. The second-order valence-electron chi connectivity index (χ2n) is 5.75. The minimum atomic E-state index is -0.238. The van der Waals surface area contributed by atoms with Crippen LogP contribution in [0.25, 0.3) is 0 Å². The summed E-state index contributed by atoms with van der Waals surface area (Å²) in [4.78, 5) is 23.0. The van der Waals surface area contributed by atoms with Gasteiger partial charge in [-0.3, -0.25) is 4.79 Å². The molecule has 3 rings (SSSR count). The molecule has 1 aromatic carbocycles. The van der Waals surface area contributed by atoms with Crippen molar-refractivity contribution in [1.29, 1.82) is 0 Å². The van der Waals surface area contributed by atoms with Gasteiger partial charge in [0.25, 0.3) is 5.91 Å². The van der Waals surface area contributed by atoms with Crippen LogP contribution in [-0.2, 0) is 0 Å².